The number of piperazine rings is 1. The van der Waals surface area contributed by atoms with Crippen LogP contribution in [0.15, 0.2) is 54.6 Å². The van der Waals surface area contributed by atoms with Crippen LogP contribution in [0.1, 0.15) is 15.9 Å². The molecule has 2 aromatic rings. The van der Waals surface area contributed by atoms with E-state index >= 15 is 0 Å². The quantitative estimate of drug-likeness (QED) is 0.865. The second-order valence-electron chi connectivity index (χ2n) is 6.68. The molecule has 1 saturated heterocycles. The normalized spacial score (nSPS) is 16.3. The van der Waals surface area contributed by atoms with Crippen LogP contribution in [-0.2, 0) is 6.54 Å². The van der Waals surface area contributed by atoms with E-state index in [0.717, 1.165) is 11.3 Å². The van der Waals surface area contributed by atoms with Crippen LogP contribution < -0.4 is 5.32 Å². The van der Waals surface area contributed by atoms with Crippen molar-refractivity contribution in [1.82, 2.24) is 9.80 Å². The molecule has 0 aromatic heterocycles. The van der Waals surface area contributed by atoms with E-state index in [9.17, 15) is 18.0 Å². The van der Waals surface area contributed by atoms with E-state index < -0.39 is 12.7 Å². The van der Waals surface area contributed by atoms with Gasteiger partial charge in [-0.05, 0) is 29.8 Å². The standard InChI is InChI=1S/C20H22F3N3O/c21-20(22,23)15-26-12-10-25(11-13-26)14-16-6-8-17(9-7-16)19(27)24-18-4-2-1-3-5-18/h1-9H,10-15H2,(H,24,27). The van der Waals surface area contributed by atoms with Crippen molar-refractivity contribution in [3.8, 4) is 0 Å². The van der Waals surface area contributed by atoms with Gasteiger partial charge < -0.3 is 5.32 Å². The second kappa shape index (κ2) is 8.54. The van der Waals surface area contributed by atoms with Crippen LogP contribution in [0.4, 0.5) is 18.9 Å². The Morgan fingerprint density at radius 1 is 0.889 bits per heavy atom. The van der Waals surface area contributed by atoms with Crippen LogP contribution in [0.3, 0.4) is 0 Å². The highest BCUT2D eigenvalue weighted by Gasteiger charge is 2.32. The van der Waals surface area contributed by atoms with Gasteiger partial charge in [-0.25, -0.2) is 0 Å². The molecule has 1 heterocycles. The number of hydrogen-bond donors (Lipinski definition) is 1. The summed E-state index contributed by atoms with van der Waals surface area (Å²) in [5.74, 6) is -0.173. The third kappa shape index (κ3) is 6.08. The highest BCUT2D eigenvalue weighted by Crippen LogP contribution is 2.18. The van der Waals surface area contributed by atoms with E-state index in [1.807, 2.05) is 42.5 Å². The number of halogens is 3. The molecule has 0 spiro atoms. The lowest BCUT2D eigenvalue weighted by Gasteiger charge is -2.35. The zero-order chi connectivity index (χ0) is 19.3. The van der Waals surface area contributed by atoms with E-state index in [1.165, 1.54) is 4.90 Å². The second-order valence-corrected chi connectivity index (χ2v) is 6.68. The molecule has 27 heavy (non-hydrogen) atoms. The molecule has 7 heteroatoms. The van der Waals surface area contributed by atoms with Crippen LogP contribution in [0.25, 0.3) is 0 Å². The minimum atomic E-state index is -4.14. The Hall–Kier alpha value is -2.38. The van der Waals surface area contributed by atoms with Crippen LogP contribution in [0.5, 0.6) is 0 Å². The number of carbonyl (C=O) groups excluding carboxylic acids is 1. The number of nitrogens with one attached hydrogen (secondary N) is 1. The summed E-state index contributed by atoms with van der Waals surface area (Å²) in [7, 11) is 0. The SMILES string of the molecule is O=C(Nc1ccccc1)c1ccc(CN2CCN(CC(F)(F)F)CC2)cc1. The van der Waals surface area contributed by atoms with Crippen LogP contribution >= 0.6 is 0 Å². The minimum absolute atomic E-state index is 0.173. The van der Waals surface area contributed by atoms with Gasteiger partial charge in [0.25, 0.3) is 5.91 Å². The van der Waals surface area contributed by atoms with Crippen molar-refractivity contribution >= 4 is 11.6 Å². The summed E-state index contributed by atoms with van der Waals surface area (Å²) in [6, 6.07) is 16.6. The molecular weight excluding hydrogens is 355 g/mol. The van der Waals surface area contributed by atoms with Crippen molar-refractivity contribution in [3.05, 3.63) is 65.7 Å². The van der Waals surface area contributed by atoms with Gasteiger partial charge in [0.15, 0.2) is 0 Å². The molecule has 1 amide bonds. The van der Waals surface area contributed by atoms with E-state index in [4.69, 9.17) is 0 Å². The number of benzene rings is 2. The molecule has 1 aliphatic heterocycles. The number of para-hydroxylation sites is 1. The molecule has 1 fully saturated rings. The van der Waals surface area contributed by atoms with E-state index in [0.29, 0.717) is 38.3 Å². The van der Waals surface area contributed by atoms with Crippen molar-refractivity contribution in [2.45, 2.75) is 12.7 Å². The fraction of sp³-hybridized carbons (Fsp3) is 0.350. The largest absolute Gasteiger partial charge is 0.401 e. The predicted octanol–water partition coefficient (Wildman–Crippen LogP) is 3.62. The molecule has 1 N–H and O–H groups in total. The van der Waals surface area contributed by atoms with Crippen molar-refractivity contribution < 1.29 is 18.0 Å². The lowest BCUT2D eigenvalue weighted by atomic mass is 10.1. The fourth-order valence-electron chi connectivity index (χ4n) is 3.10. The van der Waals surface area contributed by atoms with Gasteiger partial charge in [0.1, 0.15) is 0 Å². The zero-order valence-electron chi connectivity index (χ0n) is 14.9. The van der Waals surface area contributed by atoms with Gasteiger partial charge in [-0.2, -0.15) is 13.2 Å². The molecule has 0 saturated carbocycles. The summed E-state index contributed by atoms with van der Waals surface area (Å²) in [5, 5.41) is 2.84. The monoisotopic (exact) mass is 377 g/mol. The summed E-state index contributed by atoms with van der Waals surface area (Å²) in [5.41, 5.74) is 2.34. The van der Waals surface area contributed by atoms with Crippen molar-refractivity contribution in [2.24, 2.45) is 0 Å². The van der Waals surface area contributed by atoms with E-state index in [2.05, 4.69) is 10.2 Å². The van der Waals surface area contributed by atoms with Gasteiger partial charge in [-0.15, -0.1) is 0 Å². The number of anilines is 1. The summed E-state index contributed by atoms with van der Waals surface area (Å²) in [6.45, 7) is 1.86. The molecule has 4 nitrogen and oxygen atoms in total. The number of nitrogens with zero attached hydrogens (tertiary/aromatic N) is 2. The van der Waals surface area contributed by atoms with Crippen molar-refractivity contribution in [3.63, 3.8) is 0 Å². The first-order valence-electron chi connectivity index (χ1n) is 8.86. The maximum absolute atomic E-state index is 12.4. The third-order valence-corrected chi connectivity index (χ3v) is 4.52. The summed E-state index contributed by atoms with van der Waals surface area (Å²) >= 11 is 0. The van der Waals surface area contributed by atoms with Gasteiger partial charge in [0.05, 0.1) is 6.54 Å². The minimum Gasteiger partial charge on any atom is -0.322 e. The number of rotatable bonds is 5. The Morgan fingerprint density at radius 3 is 2.07 bits per heavy atom. The van der Waals surface area contributed by atoms with E-state index in [1.54, 1.807) is 12.1 Å². The molecular formula is C20H22F3N3O. The molecule has 0 bridgehead atoms. The molecule has 2 aromatic carbocycles. The lowest BCUT2D eigenvalue weighted by molar-refractivity contribution is -0.149. The van der Waals surface area contributed by atoms with Crippen molar-refractivity contribution in [1.29, 1.82) is 0 Å². The maximum Gasteiger partial charge on any atom is 0.401 e. The molecule has 0 radical (unpaired) electrons. The molecule has 0 aliphatic carbocycles. The first-order valence-corrected chi connectivity index (χ1v) is 8.86. The Balaban J connectivity index is 1.49. The predicted molar refractivity (Wildman–Crippen MR) is 98.6 cm³/mol. The molecule has 3 rings (SSSR count). The van der Waals surface area contributed by atoms with Crippen LogP contribution in [0, 0.1) is 0 Å². The lowest BCUT2D eigenvalue weighted by Crippen LogP contribution is -2.48. The highest BCUT2D eigenvalue weighted by atomic mass is 19.4. The van der Waals surface area contributed by atoms with E-state index in [-0.39, 0.29) is 5.91 Å². The van der Waals surface area contributed by atoms with Crippen LogP contribution in [0.2, 0.25) is 0 Å². The zero-order valence-corrected chi connectivity index (χ0v) is 14.9. The first kappa shape index (κ1) is 19.4. The molecule has 0 unspecified atom stereocenters. The van der Waals surface area contributed by atoms with Gasteiger partial charge in [-0.3, -0.25) is 14.6 Å². The molecule has 0 atom stereocenters. The Labute approximate surface area is 156 Å². The number of amides is 1. The van der Waals surface area contributed by atoms with Gasteiger partial charge in [0, 0.05) is 44.0 Å². The number of hydrogen-bond acceptors (Lipinski definition) is 3. The van der Waals surface area contributed by atoms with Crippen molar-refractivity contribution in [2.75, 3.05) is 38.0 Å². The Bertz CT molecular complexity index is 739. The maximum atomic E-state index is 12.4. The Morgan fingerprint density at radius 2 is 1.48 bits per heavy atom. The summed E-state index contributed by atoms with van der Waals surface area (Å²) in [6.07, 6.45) is -4.14. The van der Waals surface area contributed by atoms with Gasteiger partial charge in [0.2, 0.25) is 0 Å². The smallest absolute Gasteiger partial charge is 0.322 e. The van der Waals surface area contributed by atoms with Gasteiger partial charge >= 0.3 is 6.18 Å². The Kier molecular flexibility index (Phi) is 6.13. The molecule has 144 valence electrons. The average molecular weight is 377 g/mol. The first-order chi connectivity index (χ1) is 12.9. The third-order valence-electron chi connectivity index (χ3n) is 4.52. The summed E-state index contributed by atoms with van der Waals surface area (Å²) in [4.78, 5) is 15.8. The fourth-order valence-corrected chi connectivity index (χ4v) is 3.10. The number of carbonyl (C=O) groups is 1. The van der Waals surface area contributed by atoms with Crippen LogP contribution in [-0.4, -0.2) is 54.6 Å². The topological polar surface area (TPSA) is 35.6 Å². The molecule has 1 aliphatic rings. The summed E-state index contributed by atoms with van der Waals surface area (Å²) < 4.78 is 37.3. The number of alkyl halides is 3. The van der Waals surface area contributed by atoms with Gasteiger partial charge in [-0.1, -0.05) is 30.3 Å². The highest BCUT2D eigenvalue weighted by molar-refractivity contribution is 6.04. The average Bonchev–Trinajstić information content (AvgIpc) is 2.63.